The Morgan fingerprint density at radius 2 is 1.97 bits per heavy atom. The van der Waals surface area contributed by atoms with E-state index >= 15 is 0 Å². The number of pyridine rings is 1. The predicted octanol–water partition coefficient (Wildman–Crippen LogP) is 4.31. The Hall–Kier alpha value is -3.52. The van der Waals surface area contributed by atoms with E-state index < -0.39 is 0 Å². The molecule has 1 N–H and O–H groups in total. The number of carbonyl (C=O) groups excluding carboxylic acids is 1. The molecule has 162 valence electrons. The summed E-state index contributed by atoms with van der Waals surface area (Å²) in [6.45, 7) is 3.84. The Bertz CT molecular complexity index is 1290. The highest BCUT2D eigenvalue weighted by atomic mass is 35.5. The van der Waals surface area contributed by atoms with Crippen molar-refractivity contribution < 1.29 is 4.79 Å². The van der Waals surface area contributed by atoms with Crippen molar-refractivity contribution in [3.05, 3.63) is 82.3 Å². The van der Waals surface area contributed by atoms with Crippen LogP contribution in [0.5, 0.6) is 0 Å². The number of halogens is 1. The zero-order valence-electron chi connectivity index (χ0n) is 17.8. The van der Waals surface area contributed by atoms with Gasteiger partial charge in [-0.25, -0.2) is 14.6 Å². The van der Waals surface area contributed by atoms with E-state index in [1.165, 1.54) is 0 Å². The van der Waals surface area contributed by atoms with E-state index in [-0.39, 0.29) is 11.9 Å². The monoisotopic (exact) mass is 447 g/mol. The van der Waals surface area contributed by atoms with Gasteiger partial charge in [-0.15, -0.1) is 5.10 Å². The van der Waals surface area contributed by atoms with Crippen molar-refractivity contribution in [2.45, 2.75) is 39.2 Å². The number of aryl methyl sites for hydroxylation is 2. The lowest BCUT2D eigenvalue weighted by Gasteiger charge is -2.24. The van der Waals surface area contributed by atoms with Gasteiger partial charge in [-0.05, 0) is 62.9 Å². The Labute approximate surface area is 190 Å². The Morgan fingerprint density at radius 3 is 2.69 bits per heavy atom. The fourth-order valence-electron chi connectivity index (χ4n) is 4.18. The van der Waals surface area contributed by atoms with E-state index in [9.17, 15) is 4.79 Å². The fourth-order valence-corrected chi connectivity index (χ4v) is 4.30. The quantitative estimate of drug-likeness (QED) is 0.503. The molecule has 0 radical (unpaired) electrons. The van der Waals surface area contributed by atoms with Crippen LogP contribution in [-0.2, 0) is 6.42 Å². The van der Waals surface area contributed by atoms with Crippen LogP contribution in [0.15, 0.2) is 48.9 Å². The van der Waals surface area contributed by atoms with Crippen LogP contribution < -0.4 is 5.32 Å². The summed E-state index contributed by atoms with van der Waals surface area (Å²) in [5, 5.41) is 12.1. The smallest absolute Gasteiger partial charge is 0.279 e. The topological polar surface area (TPSA) is 90.5 Å². The second kappa shape index (κ2) is 8.20. The first-order valence-corrected chi connectivity index (χ1v) is 10.9. The Kier molecular flexibility index (Phi) is 5.22. The molecule has 0 saturated heterocycles. The van der Waals surface area contributed by atoms with Gasteiger partial charge < -0.3 is 9.88 Å². The summed E-state index contributed by atoms with van der Waals surface area (Å²) >= 11 is 6.03. The zero-order valence-corrected chi connectivity index (χ0v) is 18.5. The minimum atomic E-state index is -0.305. The van der Waals surface area contributed by atoms with Crippen LogP contribution in [0.2, 0.25) is 5.02 Å². The average molecular weight is 448 g/mol. The maximum atomic E-state index is 13.0. The van der Waals surface area contributed by atoms with Crippen molar-refractivity contribution in [3.63, 3.8) is 0 Å². The zero-order chi connectivity index (χ0) is 22.2. The van der Waals surface area contributed by atoms with Gasteiger partial charge in [0.15, 0.2) is 5.69 Å². The first-order chi connectivity index (χ1) is 15.5. The molecule has 1 aliphatic heterocycles. The number of hydrogen-bond donors (Lipinski definition) is 1. The van der Waals surface area contributed by atoms with Crippen LogP contribution in [0.25, 0.3) is 5.69 Å². The largest absolute Gasteiger partial charge is 0.305 e. The normalized spacial score (nSPS) is 15.4. The molecule has 32 heavy (non-hydrogen) atoms. The van der Waals surface area contributed by atoms with Gasteiger partial charge in [-0.2, -0.15) is 0 Å². The number of nitrogens with one attached hydrogen (secondary N) is 1. The molecular formula is C23H22ClN7O. The lowest BCUT2D eigenvalue weighted by Crippen LogP contribution is -2.22. The molecule has 4 aromatic rings. The molecule has 8 nitrogen and oxygen atoms in total. The maximum absolute atomic E-state index is 13.0. The van der Waals surface area contributed by atoms with E-state index in [0.29, 0.717) is 16.5 Å². The van der Waals surface area contributed by atoms with E-state index in [2.05, 4.69) is 25.6 Å². The molecule has 1 unspecified atom stereocenters. The summed E-state index contributed by atoms with van der Waals surface area (Å²) in [5.41, 5.74) is 4.92. The van der Waals surface area contributed by atoms with Crippen LogP contribution in [0.1, 0.15) is 52.0 Å². The molecule has 0 bridgehead atoms. The minimum absolute atomic E-state index is 0.0448. The van der Waals surface area contributed by atoms with E-state index in [1.807, 2.05) is 59.6 Å². The number of imidazole rings is 1. The summed E-state index contributed by atoms with van der Waals surface area (Å²) in [5.74, 6) is 0.168. The number of fused-ring (bicyclic) bond motifs is 1. The van der Waals surface area contributed by atoms with E-state index in [4.69, 9.17) is 11.6 Å². The van der Waals surface area contributed by atoms with Gasteiger partial charge in [0, 0.05) is 11.2 Å². The fraction of sp³-hybridized carbons (Fsp3) is 0.261. The molecule has 3 aromatic heterocycles. The second-order valence-corrected chi connectivity index (χ2v) is 8.40. The number of rotatable bonds is 4. The third-order valence-corrected chi connectivity index (χ3v) is 5.99. The molecule has 9 heteroatoms. The highest BCUT2D eigenvalue weighted by Gasteiger charge is 2.28. The molecule has 0 aliphatic carbocycles. The van der Waals surface area contributed by atoms with Gasteiger partial charge in [0.1, 0.15) is 5.82 Å². The standard InChI is InChI=1S/C23H22ClN7O/c1-14-12-30(13-25-14)18-10-11-21(26-15(18)2)27-23(32)22-20-5-3-4-19(31(20)29-28-22)16-6-8-17(24)9-7-16/h6-13,19H,3-5H2,1-2H3,(H,26,27,32). The van der Waals surface area contributed by atoms with Gasteiger partial charge in [0.2, 0.25) is 0 Å². The average Bonchev–Trinajstić information content (AvgIpc) is 3.41. The van der Waals surface area contributed by atoms with Crippen LogP contribution in [-0.4, -0.2) is 35.4 Å². The van der Waals surface area contributed by atoms with Crippen LogP contribution in [0, 0.1) is 13.8 Å². The molecule has 5 rings (SSSR count). The summed E-state index contributed by atoms with van der Waals surface area (Å²) in [6.07, 6.45) is 6.33. The SMILES string of the molecule is Cc1cn(-c2ccc(NC(=O)c3nnn4c3CCCC4c3ccc(Cl)cc3)nc2C)cn1. The molecule has 0 spiro atoms. The number of amides is 1. The van der Waals surface area contributed by atoms with Crippen molar-refractivity contribution in [1.29, 1.82) is 0 Å². The number of hydrogen-bond acceptors (Lipinski definition) is 5. The molecule has 0 fully saturated rings. The van der Waals surface area contributed by atoms with Crippen molar-refractivity contribution in [3.8, 4) is 5.69 Å². The lowest BCUT2D eigenvalue weighted by atomic mass is 9.96. The van der Waals surface area contributed by atoms with Gasteiger partial charge in [-0.3, -0.25) is 4.79 Å². The minimum Gasteiger partial charge on any atom is -0.305 e. The molecule has 4 heterocycles. The molecule has 1 aliphatic rings. The maximum Gasteiger partial charge on any atom is 0.279 e. The van der Waals surface area contributed by atoms with Crippen molar-refractivity contribution in [2.75, 3.05) is 5.32 Å². The molecule has 0 saturated carbocycles. The molecule has 1 atom stereocenters. The first-order valence-electron chi connectivity index (χ1n) is 10.5. The Balaban J connectivity index is 1.38. The van der Waals surface area contributed by atoms with E-state index in [0.717, 1.165) is 47.6 Å². The first kappa shape index (κ1) is 20.4. The summed E-state index contributed by atoms with van der Waals surface area (Å²) < 4.78 is 3.78. The highest BCUT2D eigenvalue weighted by molar-refractivity contribution is 6.30. The lowest BCUT2D eigenvalue weighted by molar-refractivity contribution is 0.102. The second-order valence-electron chi connectivity index (χ2n) is 7.97. The van der Waals surface area contributed by atoms with Crippen molar-refractivity contribution in [1.82, 2.24) is 29.5 Å². The molecular weight excluding hydrogens is 426 g/mol. The summed E-state index contributed by atoms with van der Waals surface area (Å²) in [7, 11) is 0. The van der Waals surface area contributed by atoms with Crippen LogP contribution in [0.4, 0.5) is 5.82 Å². The number of carbonyl (C=O) groups is 1. The third-order valence-electron chi connectivity index (χ3n) is 5.74. The molecule has 1 amide bonds. The van der Waals surface area contributed by atoms with Gasteiger partial charge in [-0.1, -0.05) is 28.9 Å². The van der Waals surface area contributed by atoms with Crippen LogP contribution >= 0.6 is 11.6 Å². The number of anilines is 1. The Morgan fingerprint density at radius 1 is 1.16 bits per heavy atom. The van der Waals surface area contributed by atoms with Crippen molar-refractivity contribution >= 4 is 23.3 Å². The van der Waals surface area contributed by atoms with Gasteiger partial charge >= 0.3 is 0 Å². The number of nitrogens with zero attached hydrogens (tertiary/aromatic N) is 6. The number of aromatic nitrogens is 6. The third kappa shape index (κ3) is 3.78. The predicted molar refractivity (Wildman–Crippen MR) is 121 cm³/mol. The molecule has 1 aromatic carbocycles. The summed E-state index contributed by atoms with van der Waals surface area (Å²) in [4.78, 5) is 21.8. The summed E-state index contributed by atoms with van der Waals surface area (Å²) in [6, 6.07) is 11.5. The van der Waals surface area contributed by atoms with Gasteiger partial charge in [0.05, 0.1) is 35.1 Å². The van der Waals surface area contributed by atoms with Gasteiger partial charge in [0.25, 0.3) is 5.91 Å². The van der Waals surface area contributed by atoms with Crippen molar-refractivity contribution in [2.24, 2.45) is 0 Å². The van der Waals surface area contributed by atoms with E-state index in [1.54, 1.807) is 12.4 Å². The highest BCUT2D eigenvalue weighted by Crippen LogP contribution is 2.31. The van der Waals surface area contributed by atoms with Crippen LogP contribution in [0.3, 0.4) is 0 Å². The number of benzene rings is 1.